The molecular formula is C19H22F3NO. The fourth-order valence-corrected chi connectivity index (χ4v) is 3.82. The van der Waals surface area contributed by atoms with E-state index in [-0.39, 0.29) is 17.7 Å². The zero-order chi connectivity index (χ0) is 17.1. The molecule has 3 aliphatic rings. The summed E-state index contributed by atoms with van der Waals surface area (Å²) < 4.78 is 38.0. The number of benzene rings is 1. The number of halogens is 3. The van der Waals surface area contributed by atoms with Crippen LogP contribution >= 0.6 is 0 Å². The van der Waals surface area contributed by atoms with Crippen LogP contribution in [0.15, 0.2) is 24.3 Å². The molecule has 0 saturated heterocycles. The third kappa shape index (κ3) is 3.05. The smallest absolute Gasteiger partial charge is 0.336 e. The van der Waals surface area contributed by atoms with Crippen molar-refractivity contribution in [1.29, 1.82) is 0 Å². The van der Waals surface area contributed by atoms with Crippen molar-refractivity contribution in [2.75, 3.05) is 0 Å². The molecule has 2 nitrogen and oxygen atoms in total. The summed E-state index contributed by atoms with van der Waals surface area (Å²) >= 11 is 0. The first-order valence-electron chi connectivity index (χ1n) is 8.85. The second-order valence-electron chi connectivity index (χ2n) is 7.62. The van der Waals surface area contributed by atoms with E-state index < -0.39 is 11.7 Å². The summed E-state index contributed by atoms with van der Waals surface area (Å²) in [4.78, 5) is 15.0. The molecule has 4 rings (SSSR count). The Morgan fingerprint density at radius 3 is 2.25 bits per heavy atom. The van der Waals surface area contributed by atoms with Gasteiger partial charge in [0.15, 0.2) is 0 Å². The van der Waals surface area contributed by atoms with E-state index in [0.29, 0.717) is 18.0 Å². The molecule has 0 heterocycles. The van der Waals surface area contributed by atoms with Gasteiger partial charge in [0, 0.05) is 18.0 Å². The molecule has 3 saturated carbocycles. The van der Waals surface area contributed by atoms with Crippen LogP contribution in [0.3, 0.4) is 0 Å². The van der Waals surface area contributed by atoms with Gasteiger partial charge in [0.05, 0.1) is 5.56 Å². The summed E-state index contributed by atoms with van der Waals surface area (Å²) in [6, 6.07) is 6.04. The van der Waals surface area contributed by atoms with Crippen molar-refractivity contribution in [3.63, 3.8) is 0 Å². The molecule has 1 aromatic carbocycles. The molecule has 3 aliphatic carbocycles. The van der Waals surface area contributed by atoms with Crippen LogP contribution in [0.5, 0.6) is 0 Å². The number of hydrogen-bond acceptors (Lipinski definition) is 1. The molecule has 0 N–H and O–H groups in total. The number of amides is 1. The lowest BCUT2D eigenvalue weighted by Crippen LogP contribution is -2.42. The fraction of sp³-hybridized carbons (Fsp3) is 0.632. The Balaban J connectivity index is 1.44. The van der Waals surface area contributed by atoms with Crippen molar-refractivity contribution in [2.45, 2.75) is 63.2 Å². The number of carbonyl (C=O) groups excluding carboxylic acids is 1. The highest BCUT2D eigenvalue weighted by Crippen LogP contribution is 2.51. The molecule has 0 radical (unpaired) electrons. The summed E-state index contributed by atoms with van der Waals surface area (Å²) in [5, 5.41) is 0. The summed E-state index contributed by atoms with van der Waals surface area (Å²) in [5.41, 5.74) is 0.230. The van der Waals surface area contributed by atoms with E-state index in [4.69, 9.17) is 0 Å². The summed E-state index contributed by atoms with van der Waals surface area (Å²) in [6.07, 6.45) is 1.08. The van der Waals surface area contributed by atoms with Gasteiger partial charge in [-0.05, 0) is 68.6 Å². The van der Waals surface area contributed by atoms with E-state index in [2.05, 4.69) is 11.8 Å². The Hall–Kier alpha value is -1.52. The lowest BCUT2D eigenvalue weighted by Gasteiger charge is -2.30. The first kappa shape index (κ1) is 16.0. The standard InChI is InChI=1S/C19H22F3NO/c1-11(12-2-3-12)23(15-8-9-15)18(24)17-10-16(17)13-4-6-14(7-5-13)19(20,21)22/h4-7,11-12,15-17H,2-3,8-10H2,1H3. The predicted molar refractivity (Wildman–Crippen MR) is 84.3 cm³/mol. The maximum absolute atomic E-state index is 12.9. The minimum Gasteiger partial charge on any atom is -0.336 e. The summed E-state index contributed by atoms with van der Waals surface area (Å²) in [5.74, 6) is 0.926. The number of hydrogen-bond donors (Lipinski definition) is 0. The Labute approximate surface area is 140 Å². The van der Waals surface area contributed by atoms with Crippen molar-refractivity contribution in [3.8, 4) is 0 Å². The molecule has 3 fully saturated rings. The minimum atomic E-state index is -4.31. The van der Waals surface area contributed by atoms with Crippen molar-refractivity contribution in [2.24, 2.45) is 11.8 Å². The third-order valence-corrected chi connectivity index (χ3v) is 5.71. The van der Waals surface area contributed by atoms with Crippen molar-refractivity contribution < 1.29 is 18.0 Å². The van der Waals surface area contributed by atoms with Crippen LogP contribution in [0.4, 0.5) is 13.2 Å². The van der Waals surface area contributed by atoms with E-state index in [1.807, 2.05) is 0 Å². The Bertz CT molecular complexity index is 631. The first-order chi connectivity index (χ1) is 11.4. The number of carbonyl (C=O) groups is 1. The van der Waals surface area contributed by atoms with Gasteiger partial charge in [0.2, 0.25) is 5.91 Å². The van der Waals surface area contributed by atoms with Gasteiger partial charge in [-0.25, -0.2) is 0 Å². The van der Waals surface area contributed by atoms with Crippen molar-refractivity contribution >= 4 is 5.91 Å². The van der Waals surface area contributed by atoms with Crippen LogP contribution < -0.4 is 0 Å². The Morgan fingerprint density at radius 1 is 1.12 bits per heavy atom. The molecule has 1 amide bonds. The van der Waals surface area contributed by atoms with E-state index >= 15 is 0 Å². The highest BCUT2D eigenvalue weighted by Gasteiger charge is 2.51. The van der Waals surface area contributed by atoms with E-state index in [1.165, 1.54) is 25.0 Å². The largest absolute Gasteiger partial charge is 0.416 e. The fourth-order valence-electron chi connectivity index (χ4n) is 3.82. The molecule has 3 unspecified atom stereocenters. The number of nitrogens with zero attached hydrogens (tertiary/aromatic N) is 1. The van der Waals surface area contributed by atoms with Gasteiger partial charge in [-0.1, -0.05) is 12.1 Å². The van der Waals surface area contributed by atoms with Gasteiger partial charge in [-0.3, -0.25) is 4.79 Å². The maximum atomic E-state index is 12.9. The highest BCUT2D eigenvalue weighted by atomic mass is 19.4. The summed E-state index contributed by atoms with van der Waals surface area (Å²) in [6.45, 7) is 2.16. The van der Waals surface area contributed by atoms with Crippen LogP contribution in [0.2, 0.25) is 0 Å². The topological polar surface area (TPSA) is 20.3 Å². The molecule has 24 heavy (non-hydrogen) atoms. The molecule has 5 heteroatoms. The maximum Gasteiger partial charge on any atom is 0.416 e. The average Bonchev–Trinajstić information content (AvgIpc) is 3.37. The predicted octanol–water partition coefficient (Wildman–Crippen LogP) is 4.60. The van der Waals surface area contributed by atoms with Gasteiger partial charge >= 0.3 is 6.18 Å². The molecule has 0 aromatic heterocycles. The minimum absolute atomic E-state index is 0.0384. The van der Waals surface area contributed by atoms with E-state index in [9.17, 15) is 18.0 Å². The Kier molecular flexibility index (Phi) is 3.66. The third-order valence-electron chi connectivity index (χ3n) is 5.71. The second kappa shape index (κ2) is 5.50. The number of rotatable bonds is 5. The average molecular weight is 337 g/mol. The van der Waals surface area contributed by atoms with E-state index in [1.54, 1.807) is 0 Å². The SMILES string of the molecule is CC(C1CC1)N(C(=O)C1CC1c1ccc(C(F)(F)F)cc1)C1CC1. The number of alkyl halides is 3. The van der Waals surface area contributed by atoms with Crippen LogP contribution in [-0.4, -0.2) is 22.9 Å². The van der Waals surface area contributed by atoms with Gasteiger partial charge in [-0.15, -0.1) is 0 Å². The lowest BCUT2D eigenvalue weighted by atomic mass is 10.1. The van der Waals surface area contributed by atoms with Gasteiger partial charge in [-0.2, -0.15) is 13.2 Å². The molecular weight excluding hydrogens is 315 g/mol. The highest BCUT2D eigenvalue weighted by molar-refractivity contribution is 5.84. The molecule has 0 aliphatic heterocycles. The zero-order valence-electron chi connectivity index (χ0n) is 13.7. The van der Waals surface area contributed by atoms with E-state index in [0.717, 1.165) is 37.0 Å². The van der Waals surface area contributed by atoms with Gasteiger partial charge in [0.25, 0.3) is 0 Å². The van der Waals surface area contributed by atoms with Crippen LogP contribution in [-0.2, 0) is 11.0 Å². The van der Waals surface area contributed by atoms with Crippen LogP contribution in [0.1, 0.15) is 56.1 Å². The van der Waals surface area contributed by atoms with Gasteiger partial charge < -0.3 is 4.90 Å². The zero-order valence-corrected chi connectivity index (χ0v) is 13.7. The van der Waals surface area contributed by atoms with Crippen molar-refractivity contribution in [3.05, 3.63) is 35.4 Å². The quantitative estimate of drug-likeness (QED) is 0.769. The summed E-state index contributed by atoms with van der Waals surface area (Å²) in [7, 11) is 0. The van der Waals surface area contributed by atoms with Crippen LogP contribution in [0.25, 0.3) is 0 Å². The lowest BCUT2D eigenvalue weighted by molar-refractivity contribution is -0.138. The molecule has 0 bridgehead atoms. The molecule has 1 aromatic rings. The normalized spacial score (nSPS) is 27.7. The van der Waals surface area contributed by atoms with Crippen LogP contribution in [0, 0.1) is 11.8 Å². The van der Waals surface area contributed by atoms with Gasteiger partial charge in [0.1, 0.15) is 0 Å². The first-order valence-corrected chi connectivity index (χ1v) is 8.85. The molecule has 0 spiro atoms. The van der Waals surface area contributed by atoms with Crippen molar-refractivity contribution in [1.82, 2.24) is 4.90 Å². The Morgan fingerprint density at radius 2 is 1.75 bits per heavy atom. The second-order valence-corrected chi connectivity index (χ2v) is 7.62. The molecule has 130 valence electrons. The molecule has 3 atom stereocenters. The monoisotopic (exact) mass is 337 g/mol.